The number of nitrogens with one attached hydrogen (secondary N) is 1. The molecule has 2 aromatic rings. The van der Waals surface area contributed by atoms with E-state index in [1.807, 2.05) is 46.8 Å². The van der Waals surface area contributed by atoms with E-state index >= 15 is 0 Å². The van der Waals surface area contributed by atoms with Gasteiger partial charge < -0.3 is 15.0 Å². The van der Waals surface area contributed by atoms with Gasteiger partial charge in [0.15, 0.2) is 0 Å². The Balaban J connectivity index is 1.20. The second kappa shape index (κ2) is 8.71. The fraction of sp³-hybridized carbons (Fsp3) is 0.500. The smallest absolute Gasteiger partial charge is 0.318 e. The molecular weight excluding hydrogens is 360 g/mol. The summed E-state index contributed by atoms with van der Waals surface area (Å²) in [7, 11) is 0. The van der Waals surface area contributed by atoms with Crippen LogP contribution in [0.15, 0.2) is 41.9 Å². The van der Waals surface area contributed by atoms with Gasteiger partial charge in [0.2, 0.25) is 0 Å². The number of para-hydroxylation sites is 1. The molecule has 1 atom stereocenters. The van der Waals surface area contributed by atoms with E-state index in [2.05, 4.69) is 15.2 Å². The Hall–Kier alpha value is -2.12. The van der Waals surface area contributed by atoms with Crippen LogP contribution in [0.25, 0.3) is 0 Å². The summed E-state index contributed by atoms with van der Waals surface area (Å²) in [4.78, 5) is 21.4. The predicted octanol–water partition coefficient (Wildman–Crippen LogP) is 3.00. The van der Waals surface area contributed by atoms with Crippen molar-refractivity contribution >= 4 is 17.4 Å². The normalized spacial score (nSPS) is 18.9. The molecule has 1 aliphatic carbocycles. The predicted molar refractivity (Wildman–Crippen MR) is 106 cm³/mol. The van der Waals surface area contributed by atoms with Crippen molar-refractivity contribution in [1.82, 2.24) is 20.1 Å². The highest BCUT2D eigenvalue weighted by atomic mass is 32.1. The zero-order valence-corrected chi connectivity index (χ0v) is 16.2. The molecule has 2 aliphatic rings. The molecule has 2 fully saturated rings. The van der Waals surface area contributed by atoms with Crippen LogP contribution < -0.4 is 10.1 Å². The van der Waals surface area contributed by atoms with Crippen LogP contribution in [-0.2, 0) is 0 Å². The number of aromatic nitrogens is 1. The zero-order valence-electron chi connectivity index (χ0n) is 15.4. The van der Waals surface area contributed by atoms with Crippen LogP contribution in [0.5, 0.6) is 5.75 Å². The molecule has 1 unspecified atom stereocenters. The molecule has 1 aliphatic heterocycles. The number of thiazole rings is 1. The SMILES string of the molecule is O=C(NC(c1nccs1)C1CC1)N1CCN(CCOc2ccccc2)CC1. The standard InChI is InChI=1S/C20H26N4O2S/c25-20(22-18(16-6-7-16)19-21-8-15-27-19)24-11-9-23(10-12-24)13-14-26-17-4-2-1-3-5-17/h1-5,8,15-16,18H,6-7,9-14H2,(H,22,25). The van der Waals surface area contributed by atoms with Gasteiger partial charge in [0.1, 0.15) is 17.4 Å². The van der Waals surface area contributed by atoms with Crippen LogP contribution in [0.4, 0.5) is 4.79 Å². The van der Waals surface area contributed by atoms with Crippen molar-refractivity contribution in [2.24, 2.45) is 5.92 Å². The van der Waals surface area contributed by atoms with Crippen LogP contribution in [-0.4, -0.2) is 60.1 Å². The number of urea groups is 1. The first-order valence-electron chi connectivity index (χ1n) is 9.64. The average Bonchev–Trinajstić information content (AvgIpc) is 3.41. The Labute approximate surface area is 164 Å². The number of rotatable bonds is 7. The van der Waals surface area contributed by atoms with Gasteiger partial charge in [0.25, 0.3) is 0 Å². The summed E-state index contributed by atoms with van der Waals surface area (Å²) in [5, 5.41) is 6.23. The van der Waals surface area contributed by atoms with Crippen molar-refractivity contribution in [1.29, 1.82) is 0 Å². The largest absolute Gasteiger partial charge is 0.492 e. The Morgan fingerprint density at radius 2 is 2.00 bits per heavy atom. The second-order valence-electron chi connectivity index (χ2n) is 7.13. The summed E-state index contributed by atoms with van der Waals surface area (Å²) >= 11 is 1.63. The van der Waals surface area contributed by atoms with Gasteiger partial charge in [-0.25, -0.2) is 9.78 Å². The highest BCUT2D eigenvalue weighted by Crippen LogP contribution is 2.41. The van der Waals surface area contributed by atoms with E-state index in [1.165, 1.54) is 12.8 Å². The van der Waals surface area contributed by atoms with E-state index < -0.39 is 0 Å². The number of piperazine rings is 1. The summed E-state index contributed by atoms with van der Waals surface area (Å²) in [5.41, 5.74) is 0. The molecule has 1 N–H and O–H groups in total. The van der Waals surface area contributed by atoms with E-state index in [-0.39, 0.29) is 12.1 Å². The number of carbonyl (C=O) groups excluding carboxylic acids is 1. The van der Waals surface area contributed by atoms with E-state index in [0.29, 0.717) is 12.5 Å². The molecule has 1 saturated carbocycles. The Morgan fingerprint density at radius 3 is 2.67 bits per heavy atom. The maximum Gasteiger partial charge on any atom is 0.318 e. The molecular formula is C20H26N4O2S. The van der Waals surface area contributed by atoms with E-state index in [4.69, 9.17) is 4.74 Å². The maximum atomic E-state index is 12.7. The Kier molecular flexibility index (Phi) is 5.89. The minimum absolute atomic E-state index is 0.0438. The molecule has 0 bridgehead atoms. The topological polar surface area (TPSA) is 57.7 Å². The highest BCUT2D eigenvalue weighted by molar-refractivity contribution is 7.09. The van der Waals surface area contributed by atoms with Crippen molar-refractivity contribution in [2.45, 2.75) is 18.9 Å². The van der Waals surface area contributed by atoms with Crippen LogP contribution in [0.1, 0.15) is 23.9 Å². The summed E-state index contributed by atoms with van der Waals surface area (Å²) in [5.74, 6) is 1.46. The van der Waals surface area contributed by atoms with Crippen LogP contribution in [0.3, 0.4) is 0 Å². The molecule has 4 rings (SSSR count). The van der Waals surface area contributed by atoms with Gasteiger partial charge in [-0.05, 0) is 30.9 Å². The van der Waals surface area contributed by atoms with Crippen molar-refractivity contribution in [3.63, 3.8) is 0 Å². The van der Waals surface area contributed by atoms with Crippen LogP contribution in [0, 0.1) is 5.92 Å². The monoisotopic (exact) mass is 386 g/mol. The first-order valence-corrected chi connectivity index (χ1v) is 10.5. The number of benzene rings is 1. The minimum Gasteiger partial charge on any atom is -0.492 e. The molecule has 0 radical (unpaired) electrons. The third-order valence-corrected chi connectivity index (χ3v) is 6.03. The molecule has 1 aromatic carbocycles. The highest BCUT2D eigenvalue weighted by Gasteiger charge is 2.36. The summed E-state index contributed by atoms with van der Waals surface area (Å²) < 4.78 is 5.77. The van der Waals surface area contributed by atoms with Crippen LogP contribution >= 0.6 is 11.3 Å². The van der Waals surface area contributed by atoms with Crippen molar-refractivity contribution in [2.75, 3.05) is 39.3 Å². The molecule has 144 valence electrons. The van der Waals surface area contributed by atoms with Gasteiger partial charge >= 0.3 is 6.03 Å². The molecule has 0 spiro atoms. The van der Waals surface area contributed by atoms with E-state index in [1.54, 1.807) is 11.3 Å². The number of hydrogen-bond donors (Lipinski definition) is 1. The van der Waals surface area contributed by atoms with Gasteiger partial charge in [0.05, 0.1) is 6.04 Å². The number of nitrogens with zero attached hydrogens (tertiary/aromatic N) is 3. The maximum absolute atomic E-state index is 12.7. The second-order valence-corrected chi connectivity index (χ2v) is 8.05. The number of amides is 2. The fourth-order valence-corrected chi connectivity index (χ4v) is 4.19. The van der Waals surface area contributed by atoms with Gasteiger partial charge in [-0.15, -0.1) is 11.3 Å². The van der Waals surface area contributed by atoms with Gasteiger partial charge in [0, 0.05) is 44.3 Å². The van der Waals surface area contributed by atoms with Gasteiger partial charge in [-0.2, -0.15) is 0 Å². The molecule has 27 heavy (non-hydrogen) atoms. The minimum atomic E-state index is 0.0438. The fourth-order valence-electron chi connectivity index (χ4n) is 3.41. The average molecular weight is 387 g/mol. The molecule has 1 saturated heterocycles. The lowest BCUT2D eigenvalue weighted by Crippen LogP contribution is -2.53. The third kappa shape index (κ3) is 4.99. The Morgan fingerprint density at radius 1 is 1.22 bits per heavy atom. The lowest BCUT2D eigenvalue weighted by Gasteiger charge is -2.35. The lowest BCUT2D eigenvalue weighted by atomic mass is 10.2. The third-order valence-electron chi connectivity index (χ3n) is 5.17. The summed E-state index contributed by atoms with van der Waals surface area (Å²) in [6.45, 7) is 4.84. The zero-order chi connectivity index (χ0) is 18.5. The van der Waals surface area contributed by atoms with Crippen molar-refractivity contribution in [3.05, 3.63) is 46.9 Å². The lowest BCUT2D eigenvalue weighted by molar-refractivity contribution is 0.124. The van der Waals surface area contributed by atoms with Crippen LogP contribution in [0.2, 0.25) is 0 Å². The number of hydrogen-bond acceptors (Lipinski definition) is 5. The quantitative estimate of drug-likeness (QED) is 0.795. The first kappa shape index (κ1) is 18.3. The molecule has 7 heteroatoms. The van der Waals surface area contributed by atoms with E-state index in [0.717, 1.165) is 43.5 Å². The van der Waals surface area contributed by atoms with E-state index in [9.17, 15) is 4.79 Å². The van der Waals surface area contributed by atoms with Crippen molar-refractivity contribution < 1.29 is 9.53 Å². The number of carbonyl (C=O) groups is 1. The molecule has 6 nitrogen and oxygen atoms in total. The van der Waals surface area contributed by atoms with Gasteiger partial charge in [-0.1, -0.05) is 18.2 Å². The molecule has 1 aromatic heterocycles. The number of ether oxygens (including phenoxy) is 1. The summed E-state index contributed by atoms with van der Waals surface area (Å²) in [6.07, 6.45) is 4.18. The molecule has 2 heterocycles. The van der Waals surface area contributed by atoms with Gasteiger partial charge in [-0.3, -0.25) is 4.90 Å². The van der Waals surface area contributed by atoms with Crippen molar-refractivity contribution in [3.8, 4) is 5.75 Å². The molecule has 2 amide bonds. The summed E-state index contributed by atoms with van der Waals surface area (Å²) in [6, 6.07) is 10.0. The first-order chi connectivity index (χ1) is 13.3. The Bertz CT molecular complexity index is 713.